The summed E-state index contributed by atoms with van der Waals surface area (Å²) >= 11 is 0. The van der Waals surface area contributed by atoms with E-state index >= 15 is 0 Å². The zero-order valence-corrected chi connectivity index (χ0v) is 18.7. The van der Waals surface area contributed by atoms with Crippen molar-refractivity contribution in [3.63, 3.8) is 0 Å². The second-order valence-electron chi connectivity index (χ2n) is 7.26. The van der Waals surface area contributed by atoms with Gasteiger partial charge in [0.05, 0.1) is 10.6 Å². The summed E-state index contributed by atoms with van der Waals surface area (Å²) in [7, 11) is -3.35. The summed E-state index contributed by atoms with van der Waals surface area (Å²) in [6, 6.07) is 5.46. The number of carbonyl (C=O) groups excluding carboxylic acids is 2. The number of sulfone groups is 1. The van der Waals surface area contributed by atoms with Crippen molar-refractivity contribution in [3.8, 4) is 0 Å². The molecule has 1 amide bonds. The number of hydroxylamine groups is 1. The Bertz CT molecular complexity index is 819. The Balaban J connectivity index is 2.18. The van der Waals surface area contributed by atoms with E-state index in [9.17, 15) is 26.8 Å². The second-order valence-corrected chi connectivity index (χ2v) is 9.36. The molecule has 6 nitrogen and oxygen atoms in total. The van der Waals surface area contributed by atoms with Gasteiger partial charge < -0.3 is 4.84 Å². The third kappa shape index (κ3) is 11.6. The Morgan fingerprint density at radius 2 is 1.55 bits per heavy atom. The van der Waals surface area contributed by atoms with Gasteiger partial charge >= 0.3 is 5.97 Å². The van der Waals surface area contributed by atoms with Gasteiger partial charge in [-0.3, -0.25) is 4.79 Å². The second kappa shape index (κ2) is 14.7. The molecule has 174 valence electrons. The molecule has 0 atom stereocenters. The summed E-state index contributed by atoms with van der Waals surface area (Å²) in [6.45, 7) is 1.77. The summed E-state index contributed by atoms with van der Waals surface area (Å²) in [5, 5.41) is 0. The first-order chi connectivity index (χ1) is 14.8. The predicted octanol–water partition coefficient (Wildman–Crippen LogP) is 5.35. The van der Waals surface area contributed by atoms with Gasteiger partial charge in [0, 0.05) is 12.0 Å². The molecule has 0 spiro atoms. The first-order valence-corrected chi connectivity index (χ1v) is 12.3. The molecule has 0 saturated carbocycles. The molecule has 1 rings (SSSR count). The lowest BCUT2D eigenvalue weighted by atomic mass is 10.1. The normalized spacial score (nSPS) is 11.1. The summed E-state index contributed by atoms with van der Waals surface area (Å²) < 4.78 is 47.7. The van der Waals surface area contributed by atoms with Gasteiger partial charge in [0.15, 0.2) is 9.84 Å². The molecule has 0 radical (unpaired) electrons. The number of rotatable bonds is 14. The lowest BCUT2D eigenvalue weighted by Gasteiger charge is -2.07. The van der Waals surface area contributed by atoms with E-state index in [4.69, 9.17) is 4.84 Å². The molecule has 1 N–H and O–H groups in total. The van der Waals surface area contributed by atoms with E-state index in [0.29, 0.717) is 19.3 Å². The maximum Gasteiger partial charge on any atom is 0.332 e. The van der Waals surface area contributed by atoms with Gasteiger partial charge in [-0.25, -0.2) is 13.2 Å². The van der Waals surface area contributed by atoms with Crippen LogP contribution in [0.1, 0.15) is 81.5 Å². The van der Waals surface area contributed by atoms with Gasteiger partial charge in [-0.2, -0.15) is 14.3 Å². The molecule has 0 unspecified atom stereocenters. The molecule has 1 aromatic carbocycles. The average Bonchev–Trinajstić information content (AvgIpc) is 2.73. The van der Waals surface area contributed by atoms with Gasteiger partial charge in [0.25, 0.3) is 12.0 Å². The van der Waals surface area contributed by atoms with Crippen LogP contribution in [0.4, 0.5) is 8.78 Å². The van der Waals surface area contributed by atoms with Crippen molar-refractivity contribution < 1.29 is 31.6 Å². The van der Waals surface area contributed by atoms with E-state index in [1.807, 2.05) is 0 Å². The number of hydrogen-bond acceptors (Lipinski definition) is 5. The number of nitrogens with one attached hydrogen (secondary N) is 1. The van der Waals surface area contributed by atoms with Gasteiger partial charge in [0.1, 0.15) is 0 Å². The highest BCUT2D eigenvalue weighted by Gasteiger charge is 2.15. The third-order valence-electron chi connectivity index (χ3n) is 4.59. The van der Waals surface area contributed by atoms with Crippen molar-refractivity contribution in [3.05, 3.63) is 42.0 Å². The van der Waals surface area contributed by atoms with Crippen molar-refractivity contribution in [2.45, 2.75) is 76.0 Å². The van der Waals surface area contributed by atoms with Crippen molar-refractivity contribution in [1.82, 2.24) is 5.48 Å². The largest absolute Gasteiger partial charge is 0.341 e. The smallest absolute Gasteiger partial charge is 0.332 e. The molecule has 0 fully saturated rings. The minimum Gasteiger partial charge on any atom is -0.341 e. The van der Waals surface area contributed by atoms with Gasteiger partial charge in [-0.05, 0) is 56.0 Å². The Labute approximate surface area is 182 Å². The van der Waals surface area contributed by atoms with Crippen LogP contribution in [0.25, 0.3) is 0 Å². The summed E-state index contributed by atoms with van der Waals surface area (Å²) in [5.41, 5.74) is 2.26. The minimum absolute atomic E-state index is 0.0371. The molecule has 0 aliphatic rings. The fraction of sp³-hybridized carbons (Fsp3) is 0.545. The molecular formula is C22H31F2NO5S. The first-order valence-electron chi connectivity index (χ1n) is 10.6. The van der Waals surface area contributed by atoms with Crippen molar-refractivity contribution in [2.75, 3.05) is 5.75 Å². The molecule has 0 bridgehead atoms. The molecular weight excluding hydrogens is 428 g/mol. The number of halogens is 2. The number of allylic oxidation sites excluding steroid dienone is 1. The number of carbonyl (C=O) groups is 2. The Morgan fingerprint density at radius 3 is 2.13 bits per heavy atom. The predicted molar refractivity (Wildman–Crippen MR) is 114 cm³/mol. The Hall–Kier alpha value is -2.29. The minimum atomic E-state index is -3.35. The van der Waals surface area contributed by atoms with Crippen LogP contribution in [-0.4, -0.2) is 26.0 Å². The van der Waals surface area contributed by atoms with Crippen LogP contribution in [-0.2, 0) is 19.5 Å². The monoisotopic (exact) mass is 459 g/mol. The fourth-order valence-corrected chi connectivity index (χ4v) is 4.25. The number of unbranched alkanes of at least 4 members (excludes halogenated alkanes) is 7. The molecule has 0 heterocycles. The fourth-order valence-electron chi connectivity index (χ4n) is 2.92. The lowest BCUT2D eigenvalue weighted by molar-refractivity contribution is -0.149. The molecule has 31 heavy (non-hydrogen) atoms. The summed E-state index contributed by atoms with van der Waals surface area (Å²) in [5.74, 6) is -1.14. The van der Waals surface area contributed by atoms with E-state index in [-0.39, 0.29) is 22.6 Å². The molecule has 0 aromatic heterocycles. The lowest BCUT2D eigenvalue weighted by Crippen LogP contribution is -2.27. The number of hydrogen-bond donors (Lipinski definition) is 1. The molecule has 1 aromatic rings. The first kappa shape index (κ1) is 26.7. The maximum absolute atomic E-state index is 12.0. The topological polar surface area (TPSA) is 89.5 Å². The average molecular weight is 460 g/mol. The van der Waals surface area contributed by atoms with E-state index in [2.05, 4.69) is 5.48 Å². The van der Waals surface area contributed by atoms with Crippen LogP contribution in [0.2, 0.25) is 0 Å². The van der Waals surface area contributed by atoms with Crippen LogP contribution < -0.4 is 5.48 Å². The summed E-state index contributed by atoms with van der Waals surface area (Å²) in [6.07, 6.45) is 6.43. The van der Waals surface area contributed by atoms with Crippen molar-refractivity contribution in [1.29, 1.82) is 0 Å². The van der Waals surface area contributed by atoms with E-state index in [1.165, 1.54) is 24.3 Å². The number of benzene rings is 1. The molecule has 9 heteroatoms. The molecule has 0 saturated heterocycles. The van der Waals surface area contributed by atoms with Gasteiger partial charge in [0.2, 0.25) is 0 Å². The Morgan fingerprint density at radius 1 is 0.968 bits per heavy atom. The summed E-state index contributed by atoms with van der Waals surface area (Å²) in [4.78, 5) is 28.6. The van der Waals surface area contributed by atoms with E-state index in [1.54, 1.807) is 6.92 Å². The van der Waals surface area contributed by atoms with E-state index in [0.717, 1.165) is 44.6 Å². The van der Waals surface area contributed by atoms with Crippen molar-refractivity contribution >= 4 is 21.7 Å². The SMILES string of the molecule is CCCS(=O)(=O)c1ccc(C(=O)NOC(=O)CCCCCCCCCC=C(F)F)cc1. The number of amides is 1. The van der Waals surface area contributed by atoms with Crippen LogP contribution in [0.3, 0.4) is 0 Å². The molecule has 0 aliphatic heterocycles. The van der Waals surface area contributed by atoms with Crippen LogP contribution >= 0.6 is 0 Å². The van der Waals surface area contributed by atoms with Crippen LogP contribution in [0.5, 0.6) is 0 Å². The standard InChI is InChI=1S/C22H31F2NO5S/c1-2-17-31(28,29)19-15-13-18(14-16-19)22(27)25-30-21(26)12-10-8-6-4-3-5-7-9-11-20(23)24/h11,13-16H,2-10,12,17H2,1H3,(H,25,27). The van der Waals surface area contributed by atoms with Crippen molar-refractivity contribution in [2.24, 2.45) is 0 Å². The van der Waals surface area contributed by atoms with Crippen LogP contribution in [0, 0.1) is 0 Å². The van der Waals surface area contributed by atoms with E-state index < -0.39 is 27.8 Å². The van der Waals surface area contributed by atoms with Gasteiger partial charge in [-0.1, -0.05) is 39.0 Å². The third-order valence-corrected chi connectivity index (χ3v) is 6.53. The highest BCUT2D eigenvalue weighted by Crippen LogP contribution is 2.14. The van der Waals surface area contributed by atoms with Crippen LogP contribution in [0.15, 0.2) is 41.3 Å². The zero-order valence-electron chi connectivity index (χ0n) is 17.9. The highest BCUT2D eigenvalue weighted by molar-refractivity contribution is 7.91. The maximum atomic E-state index is 12.0. The highest BCUT2D eigenvalue weighted by atomic mass is 32.2. The van der Waals surface area contributed by atoms with Gasteiger partial charge in [-0.15, -0.1) is 0 Å². The zero-order chi connectivity index (χ0) is 23.1. The quantitative estimate of drug-likeness (QED) is 0.299. The molecule has 0 aliphatic carbocycles. The Kier molecular flexibility index (Phi) is 12.7.